The Bertz CT molecular complexity index is 525. The van der Waals surface area contributed by atoms with Gasteiger partial charge in [0.2, 0.25) is 0 Å². The molecule has 170 valence electrons. The Morgan fingerprint density at radius 1 is 0.571 bits per heavy atom. The molecule has 1 N–H and O–H groups in total. The maximum absolute atomic E-state index is 13.5. The molecule has 0 aromatic rings. The van der Waals surface area contributed by atoms with Crippen molar-refractivity contribution in [3.8, 4) is 0 Å². The van der Waals surface area contributed by atoms with Gasteiger partial charge < -0.3 is 5.11 Å². The molecule has 3 nitrogen and oxygen atoms in total. The van der Waals surface area contributed by atoms with Crippen LogP contribution in [0.25, 0.3) is 0 Å². The summed E-state index contributed by atoms with van der Waals surface area (Å²) in [5.41, 5.74) is 0. The van der Waals surface area contributed by atoms with E-state index in [2.05, 4.69) is 4.74 Å². The summed E-state index contributed by atoms with van der Waals surface area (Å²) >= 11 is 0. The number of rotatable bonds is 9. The van der Waals surface area contributed by atoms with E-state index in [1.807, 2.05) is 0 Å². The summed E-state index contributed by atoms with van der Waals surface area (Å²) in [5.74, 6) is -15.7. The first kappa shape index (κ1) is 26.8. The van der Waals surface area contributed by atoms with Crippen molar-refractivity contribution in [2.24, 2.45) is 0 Å². The highest BCUT2D eigenvalue weighted by Gasteiger charge is 2.85. The molecule has 0 aliphatic carbocycles. The van der Waals surface area contributed by atoms with Crippen molar-refractivity contribution in [3.05, 3.63) is 0 Å². The van der Waals surface area contributed by atoms with Crippen LogP contribution in [0.3, 0.4) is 0 Å². The molecule has 0 rings (SSSR count). The molecule has 1 unspecified atom stereocenters. The number of hydrogen-bond donors (Lipinski definition) is 1. The first-order valence-corrected chi connectivity index (χ1v) is 6.32. The summed E-state index contributed by atoms with van der Waals surface area (Å²) in [6.07, 6.45) is -31.0. The van der Waals surface area contributed by atoms with Crippen molar-refractivity contribution >= 4 is 0 Å². The summed E-state index contributed by atoms with van der Waals surface area (Å²) in [6, 6.07) is -6.96. The number of alkyl halides is 15. The topological polar surface area (TPSA) is 38.7 Å². The molecular formula is C10H7F15O3. The van der Waals surface area contributed by atoms with Gasteiger partial charge in [0.25, 0.3) is 0 Å². The van der Waals surface area contributed by atoms with E-state index in [4.69, 9.17) is 5.11 Å². The zero-order valence-corrected chi connectivity index (χ0v) is 12.6. The molecule has 0 aromatic carbocycles. The minimum absolute atomic E-state index is 1.17. The van der Waals surface area contributed by atoms with Gasteiger partial charge in [0.1, 0.15) is 0 Å². The molecular weight excluding hydrogens is 453 g/mol. The molecule has 28 heavy (non-hydrogen) atoms. The number of halogens is 15. The van der Waals surface area contributed by atoms with Gasteiger partial charge in [-0.1, -0.05) is 0 Å². The molecule has 1 atom stereocenters. The van der Waals surface area contributed by atoms with E-state index in [9.17, 15) is 65.9 Å². The van der Waals surface area contributed by atoms with E-state index in [0.717, 1.165) is 0 Å². The number of aliphatic hydroxyl groups excluding tert-OH is 1. The average molecular weight is 460 g/mol. The zero-order chi connectivity index (χ0) is 23.0. The second-order valence-electron chi connectivity index (χ2n) is 4.87. The summed E-state index contributed by atoms with van der Waals surface area (Å²) < 4.78 is 193. The standard InChI is InChI=1S/C10H7F15O3/c11-4(12,2-1-3-26)27-10(25,8(20,21)22)28-9(23,24)6(15,16)5(13,14)7(17,18)19/h26H,1-3H2. The number of hydrogen-bond acceptors (Lipinski definition) is 3. The van der Waals surface area contributed by atoms with Crippen LogP contribution in [0.4, 0.5) is 65.9 Å². The smallest absolute Gasteiger partial charge is 0.396 e. The third-order valence-electron chi connectivity index (χ3n) is 2.62. The van der Waals surface area contributed by atoms with Crippen LogP contribution in [0.5, 0.6) is 0 Å². The van der Waals surface area contributed by atoms with Crippen LogP contribution in [-0.2, 0) is 9.47 Å². The Balaban J connectivity index is 6.07. The van der Waals surface area contributed by atoms with Gasteiger partial charge in [0.15, 0.2) is 0 Å². The predicted octanol–water partition coefficient (Wildman–Crippen LogP) is 5.00. The van der Waals surface area contributed by atoms with Crippen molar-refractivity contribution in [2.45, 2.75) is 55.3 Å². The lowest BCUT2D eigenvalue weighted by atomic mass is 10.1. The first-order valence-electron chi connectivity index (χ1n) is 6.32. The van der Waals surface area contributed by atoms with Crippen molar-refractivity contribution in [2.75, 3.05) is 6.61 Å². The van der Waals surface area contributed by atoms with Crippen LogP contribution in [0.1, 0.15) is 12.8 Å². The van der Waals surface area contributed by atoms with Crippen LogP contribution in [0.15, 0.2) is 0 Å². The Kier molecular flexibility index (Phi) is 7.27. The van der Waals surface area contributed by atoms with Crippen molar-refractivity contribution in [1.82, 2.24) is 0 Å². The van der Waals surface area contributed by atoms with Gasteiger partial charge in [-0.2, -0.15) is 65.9 Å². The molecule has 0 saturated heterocycles. The zero-order valence-electron chi connectivity index (χ0n) is 12.6. The second kappa shape index (κ2) is 7.58. The van der Waals surface area contributed by atoms with Crippen LogP contribution in [0, 0.1) is 0 Å². The molecule has 0 saturated carbocycles. The van der Waals surface area contributed by atoms with Crippen LogP contribution in [-0.4, -0.2) is 54.2 Å². The second-order valence-corrected chi connectivity index (χ2v) is 4.87. The lowest BCUT2D eigenvalue weighted by molar-refractivity contribution is -0.560. The van der Waals surface area contributed by atoms with Gasteiger partial charge in [0.05, 0.1) is 0 Å². The van der Waals surface area contributed by atoms with Crippen molar-refractivity contribution in [1.29, 1.82) is 0 Å². The first-order chi connectivity index (χ1) is 12.0. The van der Waals surface area contributed by atoms with Gasteiger partial charge in [-0.15, -0.1) is 0 Å². The molecule has 0 aliphatic rings. The monoisotopic (exact) mass is 460 g/mol. The van der Waals surface area contributed by atoms with Crippen molar-refractivity contribution in [3.63, 3.8) is 0 Å². The van der Waals surface area contributed by atoms with Crippen LogP contribution < -0.4 is 0 Å². The third kappa shape index (κ3) is 5.25. The largest absolute Gasteiger partial charge is 0.478 e. The fourth-order valence-electron chi connectivity index (χ4n) is 1.25. The highest BCUT2D eigenvalue weighted by Crippen LogP contribution is 2.56. The quantitative estimate of drug-likeness (QED) is 0.389. The average Bonchev–Trinajstić information content (AvgIpc) is 2.41. The Hall–Kier alpha value is -1.17. The SMILES string of the molecule is OCCCC(F)(F)OC(F)(OC(F)(F)C(F)(F)C(F)(F)C(F)(F)F)C(F)(F)F. The van der Waals surface area contributed by atoms with Gasteiger partial charge in [0, 0.05) is 13.0 Å². The molecule has 0 spiro atoms. The van der Waals surface area contributed by atoms with Crippen LogP contribution in [0.2, 0.25) is 0 Å². The lowest BCUT2D eigenvalue weighted by Gasteiger charge is -2.37. The van der Waals surface area contributed by atoms with E-state index in [-0.39, 0.29) is 0 Å². The maximum atomic E-state index is 13.5. The molecule has 0 fully saturated rings. The fourth-order valence-corrected chi connectivity index (χ4v) is 1.25. The summed E-state index contributed by atoms with van der Waals surface area (Å²) in [6.45, 7) is -1.20. The Morgan fingerprint density at radius 2 is 1.00 bits per heavy atom. The Labute approximate surface area is 144 Å². The molecule has 0 aliphatic heterocycles. The summed E-state index contributed by atoms with van der Waals surface area (Å²) in [4.78, 5) is 0. The highest BCUT2D eigenvalue weighted by molar-refractivity contribution is 4.97. The summed E-state index contributed by atoms with van der Waals surface area (Å²) in [7, 11) is 0. The van der Waals surface area contributed by atoms with E-state index in [0.29, 0.717) is 0 Å². The molecule has 18 heteroatoms. The van der Waals surface area contributed by atoms with Gasteiger partial charge in [-0.25, -0.2) is 4.74 Å². The Morgan fingerprint density at radius 3 is 1.32 bits per heavy atom. The maximum Gasteiger partial charge on any atom is 0.478 e. The molecule has 0 bridgehead atoms. The van der Waals surface area contributed by atoms with Gasteiger partial charge in [-0.3, -0.25) is 4.74 Å². The molecule has 0 radical (unpaired) electrons. The predicted molar refractivity (Wildman–Crippen MR) is 54.2 cm³/mol. The van der Waals surface area contributed by atoms with Crippen molar-refractivity contribution < 1.29 is 80.4 Å². The highest BCUT2D eigenvalue weighted by atomic mass is 19.4. The fraction of sp³-hybridized carbons (Fsp3) is 1.00. The van der Waals surface area contributed by atoms with Crippen LogP contribution >= 0.6 is 0 Å². The number of aliphatic hydroxyl groups is 1. The van der Waals surface area contributed by atoms with E-state index in [1.165, 1.54) is 0 Å². The van der Waals surface area contributed by atoms with Gasteiger partial charge >= 0.3 is 42.5 Å². The van der Waals surface area contributed by atoms with E-state index in [1.54, 1.807) is 4.74 Å². The number of ether oxygens (including phenoxy) is 2. The van der Waals surface area contributed by atoms with E-state index < -0.39 is 61.9 Å². The minimum atomic E-state index is -7.90. The minimum Gasteiger partial charge on any atom is -0.396 e. The normalized spacial score (nSPS) is 17.6. The third-order valence-corrected chi connectivity index (χ3v) is 2.62. The molecule has 0 amide bonds. The summed E-state index contributed by atoms with van der Waals surface area (Å²) in [5, 5.41) is 8.20. The van der Waals surface area contributed by atoms with Gasteiger partial charge in [-0.05, 0) is 6.42 Å². The lowest BCUT2D eigenvalue weighted by Crippen LogP contribution is -2.65. The molecule has 0 heterocycles. The molecule has 0 aromatic heterocycles. The van der Waals surface area contributed by atoms with E-state index >= 15 is 0 Å².